The number of benzene rings is 1. The third-order valence-corrected chi connectivity index (χ3v) is 2.77. The van der Waals surface area contributed by atoms with Crippen LogP contribution in [0.3, 0.4) is 0 Å². The molecule has 0 amide bonds. The SMILES string of the molecule is NC1(C(O)c2cccc(Cl)c2)CC1. The predicted octanol–water partition coefficient (Wildman–Crippen LogP) is 1.86. The van der Waals surface area contributed by atoms with Gasteiger partial charge < -0.3 is 10.8 Å². The molecule has 1 unspecified atom stereocenters. The number of rotatable bonds is 2. The predicted molar refractivity (Wildman–Crippen MR) is 52.6 cm³/mol. The summed E-state index contributed by atoms with van der Waals surface area (Å²) in [5.41, 5.74) is 6.29. The van der Waals surface area contributed by atoms with Gasteiger partial charge in [0.15, 0.2) is 0 Å². The summed E-state index contributed by atoms with van der Waals surface area (Å²) in [7, 11) is 0. The summed E-state index contributed by atoms with van der Waals surface area (Å²) in [6, 6.07) is 7.23. The number of hydrogen-bond acceptors (Lipinski definition) is 2. The second-order valence-electron chi connectivity index (χ2n) is 3.69. The van der Waals surface area contributed by atoms with Crippen molar-refractivity contribution in [3.05, 3.63) is 34.9 Å². The lowest BCUT2D eigenvalue weighted by Crippen LogP contribution is -2.30. The lowest BCUT2D eigenvalue weighted by molar-refractivity contribution is 0.136. The van der Waals surface area contributed by atoms with Crippen LogP contribution in [0.25, 0.3) is 0 Å². The largest absolute Gasteiger partial charge is 0.386 e. The highest BCUT2D eigenvalue weighted by Crippen LogP contribution is 2.43. The molecule has 1 saturated carbocycles. The monoisotopic (exact) mass is 197 g/mol. The van der Waals surface area contributed by atoms with E-state index in [1.165, 1.54) is 0 Å². The lowest BCUT2D eigenvalue weighted by Gasteiger charge is -2.17. The van der Waals surface area contributed by atoms with Gasteiger partial charge in [0.1, 0.15) is 0 Å². The van der Waals surface area contributed by atoms with Gasteiger partial charge in [0, 0.05) is 10.6 Å². The Hall–Kier alpha value is -0.570. The molecule has 0 spiro atoms. The first-order valence-corrected chi connectivity index (χ1v) is 4.72. The first-order chi connectivity index (χ1) is 6.12. The summed E-state index contributed by atoms with van der Waals surface area (Å²) in [4.78, 5) is 0. The van der Waals surface area contributed by atoms with Gasteiger partial charge in [-0.2, -0.15) is 0 Å². The van der Waals surface area contributed by atoms with Crippen molar-refractivity contribution >= 4 is 11.6 Å². The Kier molecular flexibility index (Phi) is 2.06. The van der Waals surface area contributed by atoms with Crippen LogP contribution in [0.15, 0.2) is 24.3 Å². The highest BCUT2D eigenvalue weighted by molar-refractivity contribution is 6.30. The van der Waals surface area contributed by atoms with E-state index in [0.717, 1.165) is 18.4 Å². The van der Waals surface area contributed by atoms with E-state index in [9.17, 15) is 5.11 Å². The van der Waals surface area contributed by atoms with Crippen molar-refractivity contribution < 1.29 is 5.11 Å². The fourth-order valence-corrected chi connectivity index (χ4v) is 1.63. The first kappa shape index (κ1) is 9.00. The summed E-state index contributed by atoms with van der Waals surface area (Å²) >= 11 is 5.81. The fraction of sp³-hybridized carbons (Fsp3) is 0.400. The molecule has 0 aromatic heterocycles. The molecule has 0 aliphatic heterocycles. The zero-order chi connectivity index (χ0) is 9.47. The van der Waals surface area contributed by atoms with E-state index in [4.69, 9.17) is 17.3 Å². The molecule has 70 valence electrons. The topological polar surface area (TPSA) is 46.2 Å². The molecular formula is C10H12ClNO. The molecule has 2 nitrogen and oxygen atoms in total. The van der Waals surface area contributed by atoms with Crippen LogP contribution in [0.2, 0.25) is 5.02 Å². The van der Waals surface area contributed by atoms with Gasteiger partial charge in [0.2, 0.25) is 0 Å². The number of hydrogen-bond donors (Lipinski definition) is 2. The van der Waals surface area contributed by atoms with Crippen LogP contribution >= 0.6 is 11.6 Å². The zero-order valence-corrected chi connectivity index (χ0v) is 7.96. The van der Waals surface area contributed by atoms with Crippen molar-refractivity contribution in [3.8, 4) is 0 Å². The minimum absolute atomic E-state index is 0.398. The Balaban J connectivity index is 2.25. The zero-order valence-electron chi connectivity index (χ0n) is 7.20. The van der Waals surface area contributed by atoms with E-state index in [1.807, 2.05) is 12.1 Å². The van der Waals surface area contributed by atoms with E-state index < -0.39 is 11.6 Å². The van der Waals surface area contributed by atoms with Crippen LogP contribution in [0.1, 0.15) is 24.5 Å². The van der Waals surface area contributed by atoms with Gasteiger partial charge in [-0.1, -0.05) is 23.7 Å². The van der Waals surface area contributed by atoms with Crippen molar-refractivity contribution in [2.45, 2.75) is 24.5 Å². The summed E-state index contributed by atoms with van der Waals surface area (Å²) in [6.45, 7) is 0. The average Bonchev–Trinajstić information content (AvgIpc) is 2.84. The van der Waals surface area contributed by atoms with Gasteiger partial charge in [-0.05, 0) is 30.5 Å². The highest BCUT2D eigenvalue weighted by atomic mass is 35.5. The van der Waals surface area contributed by atoms with Gasteiger partial charge in [0.05, 0.1) is 6.10 Å². The third kappa shape index (κ3) is 1.70. The van der Waals surface area contributed by atoms with Crippen LogP contribution in [-0.2, 0) is 0 Å². The molecule has 3 N–H and O–H groups in total. The number of aliphatic hydroxyl groups excluding tert-OH is 1. The maximum absolute atomic E-state index is 9.86. The molecule has 0 heterocycles. The van der Waals surface area contributed by atoms with Crippen LogP contribution < -0.4 is 5.73 Å². The summed E-state index contributed by atoms with van der Waals surface area (Å²) < 4.78 is 0. The summed E-state index contributed by atoms with van der Waals surface area (Å²) in [5.74, 6) is 0. The Bertz CT molecular complexity index is 322. The quantitative estimate of drug-likeness (QED) is 0.761. The van der Waals surface area contributed by atoms with Crippen LogP contribution in [-0.4, -0.2) is 10.6 Å². The number of halogens is 1. The molecular weight excluding hydrogens is 186 g/mol. The molecule has 3 heteroatoms. The van der Waals surface area contributed by atoms with Crippen molar-refractivity contribution in [1.82, 2.24) is 0 Å². The highest BCUT2D eigenvalue weighted by Gasteiger charge is 2.45. The van der Waals surface area contributed by atoms with Crippen molar-refractivity contribution in [3.63, 3.8) is 0 Å². The standard InChI is InChI=1S/C10H12ClNO/c11-8-3-1-2-7(6-8)9(13)10(12)4-5-10/h1-3,6,9,13H,4-5,12H2. The van der Waals surface area contributed by atoms with Gasteiger partial charge in [-0.3, -0.25) is 0 Å². The second-order valence-corrected chi connectivity index (χ2v) is 4.13. The second kappa shape index (κ2) is 2.98. The minimum Gasteiger partial charge on any atom is -0.386 e. The van der Waals surface area contributed by atoms with E-state index in [2.05, 4.69) is 0 Å². The fourth-order valence-electron chi connectivity index (χ4n) is 1.43. The Labute approximate surface area is 82.3 Å². The first-order valence-electron chi connectivity index (χ1n) is 4.34. The number of nitrogens with two attached hydrogens (primary N) is 1. The van der Waals surface area contributed by atoms with Gasteiger partial charge in [-0.15, -0.1) is 0 Å². The molecule has 1 fully saturated rings. The summed E-state index contributed by atoms with van der Waals surface area (Å²) in [6.07, 6.45) is 1.20. The Morgan fingerprint density at radius 3 is 2.69 bits per heavy atom. The van der Waals surface area contributed by atoms with Crippen LogP contribution in [0.4, 0.5) is 0 Å². The lowest BCUT2D eigenvalue weighted by atomic mass is 10.0. The Morgan fingerprint density at radius 1 is 1.46 bits per heavy atom. The molecule has 13 heavy (non-hydrogen) atoms. The van der Waals surface area contributed by atoms with Crippen molar-refractivity contribution in [2.24, 2.45) is 5.73 Å². The molecule has 0 radical (unpaired) electrons. The maximum atomic E-state index is 9.86. The minimum atomic E-state index is -0.578. The van der Waals surface area contributed by atoms with Gasteiger partial charge in [0.25, 0.3) is 0 Å². The number of aliphatic hydroxyl groups is 1. The van der Waals surface area contributed by atoms with E-state index >= 15 is 0 Å². The smallest absolute Gasteiger partial charge is 0.0969 e. The van der Waals surface area contributed by atoms with Crippen molar-refractivity contribution in [2.75, 3.05) is 0 Å². The van der Waals surface area contributed by atoms with Crippen molar-refractivity contribution in [1.29, 1.82) is 0 Å². The van der Waals surface area contributed by atoms with Gasteiger partial charge in [-0.25, -0.2) is 0 Å². The Morgan fingerprint density at radius 2 is 2.15 bits per heavy atom. The third-order valence-electron chi connectivity index (χ3n) is 2.54. The molecule has 1 aromatic rings. The molecule has 1 aromatic carbocycles. The normalized spacial score (nSPS) is 21.2. The van der Waals surface area contributed by atoms with E-state index in [1.54, 1.807) is 12.1 Å². The molecule has 1 aliphatic carbocycles. The van der Waals surface area contributed by atoms with E-state index in [0.29, 0.717) is 5.02 Å². The van der Waals surface area contributed by atoms with E-state index in [-0.39, 0.29) is 0 Å². The van der Waals surface area contributed by atoms with Gasteiger partial charge >= 0.3 is 0 Å². The molecule has 2 rings (SSSR count). The molecule has 1 aliphatic rings. The molecule has 0 saturated heterocycles. The molecule has 1 atom stereocenters. The van der Waals surface area contributed by atoms with Crippen LogP contribution in [0, 0.1) is 0 Å². The molecule has 0 bridgehead atoms. The maximum Gasteiger partial charge on any atom is 0.0969 e. The average molecular weight is 198 g/mol. The van der Waals surface area contributed by atoms with Crippen LogP contribution in [0.5, 0.6) is 0 Å². The summed E-state index contributed by atoms with van der Waals surface area (Å²) in [5, 5.41) is 10.5.